The van der Waals surface area contributed by atoms with Crippen LogP contribution in [0.4, 0.5) is 23.2 Å². The van der Waals surface area contributed by atoms with Gasteiger partial charge in [-0.1, -0.05) is 18.5 Å². The zero-order valence-electron chi connectivity index (χ0n) is 26.7. The first-order valence-electron chi connectivity index (χ1n) is 14.6. The standard InChI is InChI=1S/C33H42F4N7S/c1-8-45(7)22-43(32(3,4)5)15-13-25(17-34)40-28-10-9-11-29-27(28)16-30(44(29)21-33(35,36)37)31-39-19-26(41-31)18-38-23(2)24-12-14-42(6)20-24/h9-12,14,16-17,20,38,40H,2,13,15,18-19,21-22H2,1,3-7H3/q-1/b25-17-. The number of benzene rings is 1. The second kappa shape index (κ2) is 14.1. The largest absolute Gasteiger partial charge is 0.444 e. The van der Waals surface area contributed by atoms with Crippen LogP contribution in [0.3, 0.4) is 0 Å². The van der Waals surface area contributed by atoms with Crippen LogP contribution >= 0.6 is 0 Å². The minimum Gasteiger partial charge on any atom is -0.444 e. The Balaban J connectivity index is 1.58. The van der Waals surface area contributed by atoms with Gasteiger partial charge in [0.1, 0.15) is 12.9 Å². The Morgan fingerprint density at radius 3 is 2.60 bits per heavy atom. The van der Waals surface area contributed by atoms with Crippen molar-refractivity contribution in [2.24, 2.45) is 17.0 Å². The van der Waals surface area contributed by atoms with E-state index in [0.29, 0.717) is 59.5 Å². The highest BCUT2D eigenvalue weighted by atomic mass is 32.2. The number of amidine groups is 1. The first-order chi connectivity index (χ1) is 21.2. The van der Waals surface area contributed by atoms with Gasteiger partial charge in [0, 0.05) is 66.0 Å². The molecule has 45 heavy (non-hydrogen) atoms. The SMILES string of the molecule is C=C(NCC1=NC(c2cc3c(N/C(=C\F)CCN(C[S-](C)#CC)C(C)(C)C)cccc3n2CC(F)(F)F)=NC1)c1ccn(C)c1. The zero-order valence-corrected chi connectivity index (χ0v) is 27.5. The average Bonchev–Trinajstić information content (AvgIpc) is 3.71. The van der Waals surface area contributed by atoms with Crippen LogP contribution < -0.4 is 10.6 Å². The van der Waals surface area contributed by atoms with Gasteiger partial charge in [-0.25, -0.2) is 9.38 Å². The van der Waals surface area contributed by atoms with E-state index < -0.39 is 12.7 Å². The predicted molar refractivity (Wildman–Crippen MR) is 181 cm³/mol. The zero-order chi connectivity index (χ0) is 32.9. The van der Waals surface area contributed by atoms with Crippen molar-refractivity contribution >= 4 is 44.1 Å². The summed E-state index contributed by atoms with van der Waals surface area (Å²) in [5.74, 6) is 1.03. The molecular formula is C33H42F4N7S-. The van der Waals surface area contributed by atoms with Crippen molar-refractivity contribution in [1.29, 1.82) is 0 Å². The number of hydrogen-bond donors (Lipinski definition) is 2. The summed E-state index contributed by atoms with van der Waals surface area (Å²) in [5.41, 5.74) is 3.66. The van der Waals surface area contributed by atoms with Crippen LogP contribution in [0.25, 0.3) is 16.6 Å². The fourth-order valence-corrected chi connectivity index (χ4v) is 6.12. The Morgan fingerprint density at radius 2 is 1.98 bits per heavy atom. The molecule has 12 heteroatoms. The Bertz CT molecular complexity index is 1720. The van der Waals surface area contributed by atoms with E-state index in [4.69, 9.17) is 0 Å². The highest BCUT2D eigenvalue weighted by Gasteiger charge is 2.31. The van der Waals surface area contributed by atoms with Gasteiger partial charge in [0.05, 0.1) is 30.0 Å². The van der Waals surface area contributed by atoms with E-state index in [2.05, 4.69) is 64.3 Å². The van der Waals surface area contributed by atoms with E-state index in [1.807, 2.05) is 37.0 Å². The van der Waals surface area contributed by atoms with Crippen LogP contribution in [0.5, 0.6) is 0 Å². The number of aryl methyl sites for hydroxylation is 1. The number of aromatic nitrogens is 2. The maximum atomic E-state index is 14.2. The van der Waals surface area contributed by atoms with Crippen molar-refractivity contribution < 1.29 is 17.6 Å². The molecule has 0 unspecified atom stereocenters. The van der Waals surface area contributed by atoms with Crippen molar-refractivity contribution in [3.8, 4) is 5.18 Å². The molecule has 0 amide bonds. The van der Waals surface area contributed by atoms with Crippen LogP contribution in [-0.2, 0) is 23.9 Å². The lowest BCUT2D eigenvalue weighted by Crippen LogP contribution is -2.43. The molecule has 1 aliphatic rings. The van der Waals surface area contributed by atoms with Crippen LogP contribution in [-0.4, -0.2) is 69.1 Å². The summed E-state index contributed by atoms with van der Waals surface area (Å²) >= 11 is 0. The average molecular weight is 645 g/mol. The Morgan fingerprint density at radius 1 is 1.22 bits per heavy atom. The van der Waals surface area contributed by atoms with Crippen molar-refractivity contribution in [2.75, 3.05) is 37.1 Å². The third-order valence-electron chi connectivity index (χ3n) is 7.60. The fourth-order valence-electron chi connectivity index (χ4n) is 5.01. The number of fused-ring (bicyclic) bond motifs is 1. The molecular weight excluding hydrogens is 602 g/mol. The van der Waals surface area contributed by atoms with E-state index in [1.165, 1.54) is 4.57 Å². The topological polar surface area (TPSA) is 61.9 Å². The summed E-state index contributed by atoms with van der Waals surface area (Å²) in [5, 5.41) is 10.2. The predicted octanol–water partition coefficient (Wildman–Crippen LogP) is 6.90. The number of halogens is 4. The second-order valence-electron chi connectivity index (χ2n) is 12.1. The lowest BCUT2D eigenvalue weighted by molar-refractivity contribution is -0.139. The molecule has 244 valence electrons. The lowest BCUT2D eigenvalue weighted by Gasteiger charge is -2.39. The van der Waals surface area contributed by atoms with E-state index in [1.54, 1.807) is 24.3 Å². The van der Waals surface area contributed by atoms with Gasteiger partial charge in [-0.2, -0.15) is 13.2 Å². The fraction of sp³-hybridized carbons (Fsp3) is 0.424. The highest BCUT2D eigenvalue weighted by molar-refractivity contribution is 7.85. The molecule has 3 heterocycles. The number of hydrogen-bond acceptors (Lipinski definition) is 6. The summed E-state index contributed by atoms with van der Waals surface area (Å²) in [6.07, 6.45) is 2.41. The van der Waals surface area contributed by atoms with Crippen LogP contribution in [0.1, 0.15) is 45.4 Å². The van der Waals surface area contributed by atoms with Crippen molar-refractivity contribution in [1.82, 2.24) is 19.4 Å². The molecule has 0 bridgehead atoms. The summed E-state index contributed by atoms with van der Waals surface area (Å²) < 4.78 is 58.7. The molecule has 2 N–H and O–H groups in total. The summed E-state index contributed by atoms with van der Waals surface area (Å²) in [7, 11) is 1.88. The number of anilines is 1. The molecule has 0 saturated heterocycles. The molecule has 2 aromatic heterocycles. The number of aliphatic imine (C=N–C) groups is 2. The molecule has 0 spiro atoms. The van der Waals surface area contributed by atoms with E-state index in [9.17, 15) is 17.6 Å². The van der Waals surface area contributed by atoms with Crippen molar-refractivity contribution in [3.05, 3.63) is 72.6 Å². The van der Waals surface area contributed by atoms with Crippen molar-refractivity contribution in [3.63, 3.8) is 0 Å². The summed E-state index contributed by atoms with van der Waals surface area (Å²) in [6, 6.07) is 8.62. The molecule has 0 aliphatic carbocycles. The Hall–Kier alpha value is -3.73. The van der Waals surface area contributed by atoms with Gasteiger partial charge >= 0.3 is 6.18 Å². The first kappa shape index (κ1) is 34.1. The smallest absolute Gasteiger partial charge is 0.406 e. The van der Waals surface area contributed by atoms with Gasteiger partial charge in [-0.3, -0.25) is 4.99 Å². The normalized spacial score (nSPS) is 14.3. The van der Waals surface area contributed by atoms with Crippen LogP contribution in [0.2, 0.25) is 0 Å². The van der Waals surface area contributed by atoms with Gasteiger partial charge < -0.3 is 40.2 Å². The third kappa shape index (κ3) is 8.93. The molecule has 0 radical (unpaired) electrons. The van der Waals surface area contributed by atoms with E-state index >= 15 is 0 Å². The van der Waals surface area contributed by atoms with Gasteiger partial charge in [-0.15, -0.1) is 6.26 Å². The van der Waals surface area contributed by atoms with Gasteiger partial charge in [-0.05, 0) is 52.0 Å². The molecule has 0 fully saturated rings. The highest BCUT2D eigenvalue weighted by Crippen LogP contribution is 2.32. The number of nitrogens with one attached hydrogen (secondary N) is 2. The summed E-state index contributed by atoms with van der Waals surface area (Å²) in [6.45, 7) is 12.3. The summed E-state index contributed by atoms with van der Waals surface area (Å²) in [4.78, 5) is 11.4. The van der Waals surface area contributed by atoms with Crippen LogP contribution in [0.15, 0.2) is 71.3 Å². The number of rotatable bonds is 12. The third-order valence-corrected chi connectivity index (χ3v) is 8.99. The number of alkyl halides is 3. The molecule has 0 atom stereocenters. The Kier molecular flexibility index (Phi) is 10.7. The molecule has 1 aromatic carbocycles. The maximum absolute atomic E-state index is 14.2. The van der Waals surface area contributed by atoms with Crippen molar-refractivity contribution in [2.45, 2.75) is 52.4 Å². The maximum Gasteiger partial charge on any atom is 0.406 e. The van der Waals surface area contributed by atoms with E-state index in [0.717, 1.165) is 11.4 Å². The molecule has 7 nitrogen and oxygen atoms in total. The minimum atomic E-state index is -4.48. The quantitative estimate of drug-likeness (QED) is 0.167. The molecule has 1 aliphatic heterocycles. The second-order valence-corrected chi connectivity index (χ2v) is 14.0. The molecule has 4 rings (SSSR count). The molecule has 0 saturated carbocycles. The van der Waals surface area contributed by atoms with E-state index in [-0.39, 0.29) is 33.9 Å². The van der Waals surface area contributed by atoms with Gasteiger partial charge in [0.2, 0.25) is 0 Å². The first-order valence-corrected chi connectivity index (χ1v) is 16.5. The van der Waals surface area contributed by atoms with Crippen LogP contribution in [0, 0.1) is 5.18 Å². The van der Waals surface area contributed by atoms with Gasteiger partial charge in [0.25, 0.3) is 0 Å². The van der Waals surface area contributed by atoms with Gasteiger partial charge in [0.15, 0.2) is 5.84 Å². The Labute approximate surface area is 265 Å². The molecule has 3 aromatic rings. The minimum absolute atomic E-state index is 0.0345. The monoisotopic (exact) mass is 644 g/mol. The lowest BCUT2D eigenvalue weighted by atomic mass is 10.1. The number of nitrogens with zero attached hydrogens (tertiary/aromatic N) is 5.